The Labute approximate surface area is 126 Å². The molecule has 2 heterocycles. The van der Waals surface area contributed by atoms with Gasteiger partial charge in [-0.1, -0.05) is 19.9 Å². The first-order valence-electron chi connectivity index (χ1n) is 6.81. The molecule has 0 radical (unpaired) electrons. The van der Waals surface area contributed by atoms with Gasteiger partial charge >= 0.3 is 0 Å². The first-order valence-corrected chi connectivity index (χ1v) is 7.60. The minimum Gasteiger partial charge on any atom is -0.439 e. The number of para-hydroxylation sites is 1. The minimum atomic E-state index is -0.0148. The summed E-state index contributed by atoms with van der Waals surface area (Å²) in [5.74, 6) is 0.614. The second-order valence-electron chi connectivity index (χ2n) is 4.16. The van der Waals surface area contributed by atoms with Gasteiger partial charge < -0.3 is 14.1 Å². The maximum absolute atomic E-state index is 12.1. The van der Waals surface area contributed by atoms with Gasteiger partial charge in [-0.15, -0.1) is 0 Å². The molecule has 2 aromatic rings. The van der Waals surface area contributed by atoms with E-state index in [4.69, 9.17) is 9.15 Å². The van der Waals surface area contributed by atoms with Gasteiger partial charge in [-0.05, 0) is 28.1 Å². The van der Waals surface area contributed by atoms with E-state index in [0.717, 1.165) is 17.6 Å². The van der Waals surface area contributed by atoms with Gasteiger partial charge in [0.1, 0.15) is 0 Å². The highest BCUT2D eigenvalue weighted by molar-refractivity contribution is 9.10. The molecule has 0 N–H and O–H groups in total. The molecule has 0 bridgehead atoms. The lowest BCUT2D eigenvalue weighted by molar-refractivity contribution is 0.121. The summed E-state index contributed by atoms with van der Waals surface area (Å²) in [7, 11) is 0. The molecule has 0 aliphatic carbocycles. The first-order chi connectivity index (χ1) is 9.75. The Morgan fingerprint density at radius 3 is 2.60 bits per heavy atom. The summed E-state index contributed by atoms with van der Waals surface area (Å²) in [5, 5.41) is 0.599. The molecule has 1 aromatic heterocycles. The summed E-state index contributed by atoms with van der Waals surface area (Å²) in [5.41, 5.74) is 0.588. The third-order valence-corrected chi connectivity index (χ3v) is 3.64. The highest BCUT2D eigenvalue weighted by Crippen LogP contribution is 2.26. The van der Waals surface area contributed by atoms with Crippen molar-refractivity contribution >= 4 is 32.8 Å². The first kappa shape index (κ1) is 15.1. The Morgan fingerprint density at radius 2 is 1.90 bits per heavy atom. The van der Waals surface area contributed by atoms with Crippen LogP contribution < -0.4 is 10.3 Å². The largest absolute Gasteiger partial charge is 0.439 e. The van der Waals surface area contributed by atoms with E-state index in [1.165, 1.54) is 0 Å². The summed E-state index contributed by atoms with van der Waals surface area (Å²) in [6.45, 7) is 6.83. The van der Waals surface area contributed by atoms with Gasteiger partial charge in [0.15, 0.2) is 16.9 Å². The molecule has 1 saturated heterocycles. The normalized spacial score (nSPS) is 14.8. The zero-order valence-electron chi connectivity index (χ0n) is 11.7. The maximum Gasteiger partial charge on any atom is 0.200 e. The smallest absolute Gasteiger partial charge is 0.200 e. The Balaban J connectivity index is 0.000000704. The second kappa shape index (κ2) is 6.90. The molecule has 5 heteroatoms. The number of hydrogen-bond donors (Lipinski definition) is 0. The van der Waals surface area contributed by atoms with E-state index in [0.29, 0.717) is 30.1 Å². The average molecular weight is 340 g/mol. The number of nitrogens with zero attached hydrogens (tertiary/aromatic N) is 1. The monoisotopic (exact) mass is 339 g/mol. The van der Waals surface area contributed by atoms with Crippen LogP contribution in [0.15, 0.2) is 37.9 Å². The van der Waals surface area contributed by atoms with Crippen LogP contribution in [0.3, 0.4) is 0 Å². The lowest BCUT2D eigenvalue weighted by Crippen LogP contribution is -2.36. The molecule has 1 aliphatic heterocycles. The van der Waals surface area contributed by atoms with Gasteiger partial charge in [-0.2, -0.15) is 0 Å². The van der Waals surface area contributed by atoms with Crippen LogP contribution in [0.25, 0.3) is 11.0 Å². The highest BCUT2D eigenvalue weighted by Gasteiger charge is 2.16. The summed E-state index contributed by atoms with van der Waals surface area (Å²) < 4.78 is 11.9. The Bertz CT molecular complexity index is 633. The molecule has 1 aliphatic rings. The fraction of sp³-hybridized carbons (Fsp3) is 0.400. The van der Waals surface area contributed by atoms with Gasteiger partial charge in [-0.25, -0.2) is 0 Å². The van der Waals surface area contributed by atoms with Gasteiger partial charge in [0.25, 0.3) is 0 Å². The SMILES string of the molecule is CC.O=c1cc(N2CCOCC2)oc2c(Br)cccc12. The molecular formula is C15H18BrNO3. The maximum atomic E-state index is 12.1. The number of anilines is 1. The van der Waals surface area contributed by atoms with Crippen molar-refractivity contribution in [1.29, 1.82) is 0 Å². The van der Waals surface area contributed by atoms with Crippen LogP contribution in [-0.4, -0.2) is 26.3 Å². The number of fused-ring (bicyclic) bond motifs is 1. The molecule has 1 aromatic carbocycles. The fourth-order valence-corrected chi connectivity index (χ4v) is 2.52. The topological polar surface area (TPSA) is 42.7 Å². The van der Waals surface area contributed by atoms with Crippen LogP contribution in [0.4, 0.5) is 5.88 Å². The summed E-state index contributed by atoms with van der Waals surface area (Å²) in [4.78, 5) is 14.1. The highest BCUT2D eigenvalue weighted by atomic mass is 79.9. The number of rotatable bonds is 1. The zero-order valence-corrected chi connectivity index (χ0v) is 13.3. The van der Waals surface area contributed by atoms with Crippen LogP contribution >= 0.6 is 15.9 Å². The van der Waals surface area contributed by atoms with Crippen molar-refractivity contribution in [2.45, 2.75) is 13.8 Å². The summed E-state index contributed by atoms with van der Waals surface area (Å²) in [6, 6.07) is 7.03. The van der Waals surface area contributed by atoms with E-state index in [1.54, 1.807) is 12.1 Å². The molecule has 108 valence electrons. The van der Waals surface area contributed by atoms with Crippen LogP contribution in [0.1, 0.15) is 13.8 Å². The Morgan fingerprint density at radius 1 is 1.20 bits per heavy atom. The van der Waals surface area contributed by atoms with Gasteiger partial charge in [0, 0.05) is 19.2 Å². The van der Waals surface area contributed by atoms with E-state index in [2.05, 4.69) is 15.9 Å². The second-order valence-corrected chi connectivity index (χ2v) is 5.02. The van der Waals surface area contributed by atoms with Crippen molar-refractivity contribution in [3.05, 3.63) is 39.0 Å². The van der Waals surface area contributed by atoms with Crippen LogP contribution in [0.5, 0.6) is 0 Å². The van der Waals surface area contributed by atoms with Gasteiger partial charge in [0.05, 0.1) is 23.1 Å². The molecule has 1 fully saturated rings. The molecule has 0 spiro atoms. The van der Waals surface area contributed by atoms with E-state index in [-0.39, 0.29) is 5.43 Å². The van der Waals surface area contributed by atoms with Crippen molar-refractivity contribution in [1.82, 2.24) is 0 Å². The molecule has 3 rings (SSSR count). The van der Waals surface area contributed by atoms with Gasteiger partial charge in [-0.3, -0.25) is 4.79 Å². The molecule has 0 unspecified atom stereocenters. The Hall–Kier alpha value is -1.33. The summed E-state index contributed by atoms with van der Waals surface area (Å²) >= 11 is 3.41. The van der Waals surface area contributed by atoms with E-state index >= 15 is 0 Å². The number of morpholine rings is 1. The molecule has 0 saturated carbocycles. The predicted molar refractivity (Wildman–Crippen MR) is 84.6 cm³/mol. The third kappa shape index (κ3) is 3.04. The number of ether oxygens (including phenoxy) is 1. The predicted octanol–water partition coefficient (Wildman–Crippen LogP) is 3.42. The van der Waals surface area contributed by atoms with E-state index in [1.807, 2.05) is 30.9 Å². The zero-order chi connectivity index (χ0) is 14.5. The number of halogens is 1. The quantitative estimate of drug-likeness (QED) is 0.798. The van der Waals surface area contributed by atoms with Crippen LogP contribution in [0, 0.1) is 0 Å². The third-order valence-electron chi connectivity index (χ3n) is 3.02. The van der Waals surface area contributed by atoms with Crippen LogP contribution in [0.2, 0.25) is 0 Å². The van der Waals surface area contributed by atoms with Crippen molar-refractivity contribution in [2.24, 2.45) is 0 Å². The molecule has 0 amide bonds. The number of hydrogen-bond acceptors (Lipinski definition) is 4. The van der Waals surface area contributed by atoms with E-state index < -0.39 is 0 Å². The molecule has 20 heavy (non-hydrogen) atoms. The van der Waals surface area contributed by atoms with Crippen molar-refractivity contribution < 1.29 is 9.15 Å². The van der Waals surface area contributed by atoms with Gasteiger partial charge in [0.2, 0.25) is 0 Å². The Kier molecular flexibility index (Phi) is 5.20. The standard InChI is InChI=1S/C13H12BrNO3.C2H6/c14-10-3-1-2-9-11(16)8-12(18-13(9)10)15-4-6-17-7-5-15;1-2/h1-3,8H,4-7H2;1-2H3. The molecule has 0 atom stereocenters. The van der Waals surface area contributed by atoms with Crippen molar-refractivity contribution in [3.63, 3.8) is 0 Å². The average Bonchev–Trinajstić information content (AvgIpc) is 2.51. The molecule has 4 nitrogen and oxygen atoms in total. The number of benzene rings is 1. The lowest BCUT2D eigenvalue weighted by Gasteiger charge is -2.27. The van der Waals surface area contributed by atoms with E-state index in [9.17, 15) is 4.79 Å². The van der Waals surface area contributed by atoms with Crippen LogP contribution in [-0.2, 0) is 4.74 Å². The minimum absolute atomic E-state index is 0.0148. The molecular weight excluding hydrogens is 322 g/mol. The summed E-state index contributed by atoms with van der Waals surface area (Å²) in [6.07, 6.45) is 0. The fourth-order valence-electron chi connectivity index (χ4n) is 2.07. The lowest BCUT2D eigenvalue weighted by atomic mass is 10.2. The van der Waals surface area contributed by atoms with Crippen molar-refractivity contribution in [3.8, 4) is 0 Å². The van der Waals surface area contributed by atoms with Crippen molar-refractivity contribution in [2.75, 3.05) is 31.2 Å².